The van der Waals surface area contributed by atoms with Crippen LogP contribution in [0.3, 0.4) is 0 Å². The van der Waals surface area contributed by atoms with Crippen molar-refractivity contribution >= 4 is 6.08 Å². The molecule has 4 rings (SSSR count). The zero-order valence-electron chi connectivity index (χ0n) is 16.1. The lowest BCUT2D eigenvalue weighted by Crippen LogP contribution is -2.25. The maximum Gasteiger partial charge on any atom is 0.0998 e. The van der Waals surface area contributed by atoms with Crippen molar-refractivity contribution in [1.29, 1.82) is 5.26 Å². The normalized spacial score (nSPS) is 21.2. The number of nitriles is 1. The third kappa shape index (κ3) is 3.44. The van der Waals surface area contributed by atoms with Crippen molar-refractivity contribution in [3.05, 3.63) is 83.4 Å². The summed E-state index contributed by atoms with van der Waals surface area (Å²) in [4.78, 5) is 4.59. The van der Waals surface area contributed by atoms with Crippen molar-refractivity contribution in [2.24, 2.45) is 11.8 Å². The zero-order chi connectivity index (χ0) is 19.5. The van der Waals surface area contributed by atoms with Crippen molar-refractivity contribution in [3.8, 4) is 17.2 Å². The molecule has 3 atom stereocenters. The molecule has 0 aliphatic heterocycles. The first-order chi connectivity index (χ1) is 13.7. The molecule has 0 unspecified atom stereocenters. The summed E-state index contributed by atoms with van der Waals surface area (Å²) in [5, 5.41) is 17.4. The fraction of sp³-hybridized carbons (Fsp3) is 0.250. The van der Waals surface area contributed by atoms with Crippen molar-refractivity contribution in [3.63, 3.8) is 0 Å². The number of benzene rings is 1. The molecule has 1 aliphatic carbocycles. The number of hydrogen-bond acceptors (Lipinski definition) is 4. The van der Waals surface area contributed by atoms with Crippen LogP contribution in [0.4, 0.5) is 0 Å². The van der Waals surface area contributed by atoms with Gasteiger partial charge < -0.3 is 0 Å². The first kappa shape index (κ1) is 18.1. The van der Waals surface area contributed by atoms with E-state index < -0.39 is 0 Å². The Morgan fingerprint density at radius 2 is 1.86 bits per heavy atom. The Morgan fingerprint density at radius 3 is 2.64 bits per heavy atom. The molecule has 0 saturated carbocycles. The lowest BCUT2D eigenvalue weighted by Gasteiger charge is -2.33. The molecule has 0 saturated heterocycles. The quantitative estimate of drug-likeness (QED) is 0.652. The number of nitrogens with zero attached hydrogens (tertiary/aromatic N) is 4. The van der Waals surface area contributed by atoms with E-state index in [1.54, 1.807) is 0 Å². The zero-order valence-corrected chi connectivity index (χ0v) is 16.1. The van der Waals surface area contributed by atoms with Gasteiger partial charge in [-0.1, -0.05) is 44.2 Å². The van der Waals surface area contributed by atoms with Gasteiger partial charge in [0.1, 0.15) is 0 Å². The van der Waals surface area contributed by atoms with E-state index in [0.717, 1.165) is 23.2 Å². The number of aromatic nitrogens is 3. The summed E-state index contributed by atoms with van der Waals surface area (Å²) in [5.74, 6) is 1.45. The number of fused-ring (bicyclic) bond motifs is 1. The highest BCUT2D eigenvalue weighted by atomic mass is 15.1. The number of rotatable bonds is 3. The molecular weight excluding hydrogens is 344 g/mol. The van der Waals surface area contributed by atoms with Gasteiger partial charge in [-0.15, -0.1) is 0 Å². The highest BCUT2D eigenvalue weighted by Gasteiger charge is 2.30. The minimum atomic E-state index is 0.315. The van der Waals surface area contributed by atoms with Crippen molar-refractivity contribution in [2.45, 2.75) is 26.2 Å². The molecule has 138 valence electrons. The molecule has 3 aromatic rings. The van der Waals surface area contributed by atoms with Crippen molar-refractivity contribution in [2.75, 3.05) is 0 Å². The van der Waals surface area contributed by atoms with E-state index >= 15 is 0 Å². The summed E-state index contributed by atoms with van der Waals surface area (Å²) >= 11 is 0. The van der Waals surface area contributed by atoms with Gasteiger partial charge >= 0.3 is 0 Å². The molecule has 0 N–H and O–H groups in total. The van der Waals surface area contributed by atoms with Crippen molar-refractivity contribution in [1.82, 2.24) is 15.2 Å². The van der Waals surface area contributed by atoms with Gasteiger partial charge in [0.2, 0.25) is 0 Å². The molecule has 28 heavy (non-hydrogen) atoms. The molecule has 0 fully saturated rings. The van der Waals surface area contributed by atoms with Gasteiger partial charge in [-0.2, -0.15) is 15.5 Å². The van der Waals surface area contributed by atoms with Gasteiger partial charge in [0.25, 0.3) is 0 Å². The fourth-order valence-corrected chi connectivity index (χ4v) is 3.97. The molecule has 0 amide bonds. The van der Waals surface area contributed by atoms with Crippen LogP contribution in [0.5, 0.6) is 0 Å². The van der Waals surface area contributed by atoms with E-state index in [4.69, 9.17) is 0 Å². The van der Waals surface area contributed by atoms with Gasteiger partial charge in [0.15, 0.2) is 0 Å². The largest absolute Gasteiger partial charge is 0.256 e. The first-order valence-corrected chi connectivity index (χ1v) is 9.60. The van der Waals surface area contributed by atoms with Gasteiger partial charge in [-0.05, 0) is 47.6 Å². The Labute approximate surface area is 165 Å². The van der Waals surface area contributed by atoms with Gasteiger partial charge in [-0.25, -0.2) is 0 Å². The molecule has 0 radical (unpaired) electrons. The number of allylic oxidation sites excluding steroid dienone is 1. The monoisotopic (exact) mass is 366 g/mol. The van der Waals surface area contributed by atoms with Crippen LogP contribution in [0.25, 0.3) is 17.2 Å². The van der Waals surface area contributed by atoms with E-state index in [1.165, 1.54) is 11.1 Å². The van der Waals surface area contributed by atoms with E-state index in [2.05, 4.69) is 47.3 Å². The van der Waals surface area contributed by atoms with Crippen LogP contribution < -0.4 is 0 Å². The van der Waals surface area contributed by atoms with Gasteiger partial charge in [-0.3, -0.25) is 4.98 Å². The smallest absolute Gasteiger partial charge is 0.0998 e. The third-order valence-corrected chi connectivity index (χ3v) is 5.83. The van der Waals surface area contributed by atoms with Crippen LogP contribution in [-0.4, -0.2) is 15.2 Å². The van der Waals surface area contributed by atoms with E-state index in [9.17, 15) is 5.26 Å². The van der Waals surface area contributed by atoms with Crippen LogP contribution in [-0.2, 0) is 6.42 Å². The van der Waals surface area contributed by atoms with E-state index in [1.807, 2.05) is 55.0 Å². The Hall–Kier alpha value is -3.32. The molecule has 0 bridgehead atoms. The third-order valence-electron chi connectivity index (χ3n) is 5.83. The second-order valence-electron chi connectivity index (χ2n) is 7.52. The first-order valence-electron chi connectivity index (χ1n) is 9.60. The summed E-state index contributed by atoms with van der Waals surface area (Å²) in [6.07, 6.45) is 11.0. The topological polar surface area (TPSA) is 62.5 Å². The molecule has 4 heteroatoms. The number of pyridine rings is 1. The van der Waals surface area contributed by atoms with Gasteiger partial charge in [0.05, 0.1) is 29.7 Å². The maximum atomic E-state index is 9.30. The average Bonchev–Trinajstić information content (AvgIpc) is 2.74. The van der Waals surface area contributed by atoms with E-state index in [0.29, 0.717) is 23.3 Å². The molecular formula is C24H22N4. The van der Waals surface area contributed by atoms with Crippen LogP contribution >= 0.6 is 0 Å². The number of hydrogen-bond donors (Lipinski definition) is 0. The summed E-state index contributed by atoms with van der Waals surface area (Å²) in [7, 11) is 0. The molecule has 0 spiro atoms. The summed E-state index contributed by atoms with van der Waals surface area (Å²) in [6.45, 7) is 4.60. The standard InChI is InChI=1S/C24H22N4/c1-16-11-20-14-27-28-15-24(20)22(17(16)2)10-9-21-8-7-19(13-26-21)23-6-4-3-5-18(23)12-25/h3-10,13-17,22H,11H2,1-2H3/b10-9+/t16-,17+,22-/m0/s1. The molecule has 2 heterocycles. The molecule has 4 nitrogen and oxygen atoms in total. The summed E-state index contributed by atoms with van der Waals surface area (Å²) in [5.41, 5.74) is 6.01. The van der Waals surface area contributed by atoms with Crippen LogP contribution in [0.1, 0.15) is 42.1 Å². The molecule has 1 aromatic carbocycles. The van der Waals surface area contributed by atoms with E-state index in [-0.39, 0.29) is 0 Å². The average molecular weight is 366 g/mol. The predicted molar refractivity (Wildman–Crippen MR) is 110 cm³/mol. The minimum absolute atomic E-state index is 0.315. The lowest BCUT2D eigenvalue weighted by molar-refractivity contribution is 0.330. The fourth-order valence-electron chi connectivity index (χ4n) is 3.97. The Bertz CT molecular complexity index is 1050. The highest BCUT2D eigenvalue weighted by molar-refractivity contribution is 5.70. The summed E-state index contributed by atoms with van der Waals surface area (Å²) in [6, 6.07) is 13.9. The second kappa shape index (κ2) is 7.74. The SMILES string of the molecule is C[C@H]1[C@H](/C=C/c2ccc(-c3ccccc3C#N)cn2)c2cnncc2C[C@@H]1C. The van der Waals surface area contributed by atoms with Crippen LogP contribution in [0.2, 0.25) is 0 Å². The molecule has 2 aromatic heterocycles. The second-order valence-corrected chi connectivity index (χ2v) is 7.52. The predicted octanol–water partition coefficient (Wildman–Crippen LogP) is 5.04. The lowest BCUT2D eigenvalue weighted by atomic mass is 9.71. The maximum absolute atomic E-state index is 9.30. The Morgan fingerprint density at radius 1 is 1.04 bits per heavy atom. The highest BCUT2D eigenvalue weighted by Crippen LogP contribution is 2.39. The Kier molecular flexibility index (Phi) is 4.99. The van der Waals surface area contributed by atoms with Crippen LogP contribution in [0.15, 0.2) is 61.1 Å². The van der Waals surface area contributed by atoms with Crippen molar-refractivity contribution < 1.29 is 0 Å². The van der Waals surface area contributed by atoms with Gasteiger partial charge in [0, 0.05) is 23.2 Å². The minimum Gasteiger partial charge on any atom is -0.256 e. The van der Waals surface area contributed by atoms with Crippen LogP contribution in [0, 0.1) is 23.2 Å². The molecule has 1 aliphatic rings. The Balaban J connectivity index is 1.60. The summed E-state index contributed by atoms with van der Waals surface area (Å²) < 4.78 is 0.